The molecule has 0 aromatic heterocycles. The first-order chi connectivity index (χ1) is 10.3. The summed E-state index contributed by atoms with van der Waals surface area (Å²) in [6.07, 6.45) is 2.72. The van der Waals surface area contributed by atoms with Crippen LogP contribution in [-0.2, 0) is 11.2 Å². The summed E-state index contributed by atoms with van der Waals surface area (Å²) < 4.78 is 0. The predicted molar refractivity (Wildman–Crippen MR) is 88.5 cm³/mol. The standard InChI is InChI=1S/C19H20OS/c20-19-12-11-16(14-21-17-9-5-2-6-10-17)18(19)13-15-7-3-1-4-8-15/h1-10,16,18H,11-14H2. The van der Waals surface area contributed by atoms with E-state index in [-0.39, 0.29) is 5.92 Å². The highest BCUT2D eigenvalue weighted by atomic mass is 32.2. The molecule has 0 saturated heterocycles. The van der Waals surface area contributed by atoms with E-state index < -0.39 is 0 Å². The van der Waals surface area contributed by atoms with Crippen LogP contribution >= 0.6 is 11.8 Å². The van der Waals surface area contributed by atoms with Crippen LogP contribution < -0.4 is 0 Å². The minimum Gasteiger partial charge on any atom is -0.299 e. The van der Waals surface area contributed by atoms with Crippen molar-refractivity contribution < 1.29 is 4.79 Å². The van der Waals surface area contributed by atoms with Crippen LogP contribution in [-0.4, -0.2) is 11.5 Å². The average Bonchev–Trinajstić information content (AvgIpc) is 2.88. The number of ketones is 1. The van der Waals surface area contributed by atoms with Crippen LogP contribution in [0.3, 0.4) is 0 Å². The molecule has 3 rings (SSSR count). The molecule has 0 N–H and O–H groups in total. The van der Waals surface area contributed by atoms with E-state index in [1.165, 1.54) is 10.5 Å². The van der Waals surface area contributed by atoms with Crippen molar-refractivity contribution in [3.8, 4) is 0 Å². The maximum atomic E-state index is 12.2. The maximum Gasteiger partial charge on any atom is 0.136 e. The summed E-state index contributed by atoms with van der Waals surface area (Å²) in [5.41, 5.74) is 1.28. The molecule has 1 saturated carbocycles. The maximum absolute atomic E-state index is 12.2. The summed E-state index contributed by atoms with van der Waals surface area (Å²) in [6.45, 7) is 0. The molecule has 2 aromatic carbocycles. The number of thioether (sulfide) groups is 1. The lowest BCUT2D eigenvalue weighted by Crippen LogP contribution is -2.19. The minimum atomic E-state index is 0.212. The summed E-state index contributed by atoms with van der Waals surface area (Å²) in [5.74, 6) is 2.23. The smallest absolute Gasteiger partial charge is 0.136 e. The number of Topliss-reactive ketones (excluding diaryl/α,β-unsaturated/α-hetero) is 1. The van der Waals surface area contributed by atoms with Crippen LogP contribution in [0.1, 0.15) is 18.4 Å². The Morgan fingerprint density at radius 2 is 1.62 bits per heavy atom. The van der Waals surface area contributed by atoms with E-state index in [4.69, 9.17) is 0 Å². The van der Waals surface area contributed by atoms with E-state index in [1.54, 1.807) is 0 Å². The quantitative estimate of drug-likeness (QED) is 0.749. The van der Waals surface area contributed by atoms with Gasteiger partial charge in [0.15, 0.2) is 0 Å². The first-order valence-corrected chi connectivity index (χ1v) is 8.56. The lowest BCUT2D eigenvalue weighted by atomic mass is 9.90. The molecule has 2 aromatic rings. The fourth-order valence-corrected chi connectivity index (χ4v) is 4.20. The molecule has 2 unspecified atom stereocenters. The highest BCUT2D eigenvalue weighted by Gasteiger charge is 2.34. The van der Waals surface area contributed by atoms with E-state index >= 15 is 0 Å². The highest BCUT2D eigenvalue weighted by Crippen LogP contribution is 2.35. The lowest BCUT2D eigenvalue weighted by molar-refractivity contribution is -0.121. The normalized spacial score (nSPS) is 21.6. The van der Waals surface area contributed by atoms with Crippen molar-refractivity contribution in [2.24, 2.45) is 11.8 Å². The molecular weight excluding hydrogens is 276 g/mol. The fourth-order valence-electron chi connectivity index (χ4n) is 3.05. The Bertz CT molecular complexity index is 579. The third-order valence-electron chi connectivity index (χ3n) is 4.25. The zero-order chi connectivity index (χ0) is 14.5. The molecule has 1 fully saturated rings. The van der Waals surface area contributed by atoms with E-state index in [0.29, 0.717) is 11.7 Å². The SMILES string of the molecule is O=C1CCC(CSc2ccccc2)C1Cc1ccccc1. The number of hydrogen-bond donors (Lipinski definition) is 0. The second-order valence-corrected chi connectivity index (χ2v) is 6.78. The Kier molecular flexibility index (Phi) is 4.76. The van der Waals surface area contributed by atoms with Gasteiger partial charge in [0.2, 0.25) is 0 Å². The molecule has 0 aliphatic heterocycles. The van der Waals surface area contributed by atoms with Crippen LogP contribution in [0.25, 0.3) is 0 Å². The van der Waals surface area contributed by atoms with Gasteiger partial charge in [0.05, 0.1) is 0 Å². The molecule has 21 heavy (non-hydrogen) atoms. The van der Waals surface area contributed by atoms with Gasteiger partial charge in [-0.3, -0.25) is 4.79 Å². The van der Waals surface area contributed by atoms with Crippen molar-refractivity contribution in [2.75, 3.05) is 5.75 Å². The van der Waals surface area contributed by atoms with Crippen molar-refractivity contribution in [3.63, 3.8) is 0 Å². The largest absolute Gasteiger partial charge is 0.299 e. The zero-order valence-corrected chi connectivity index (χ0v) is 12.9. The van der Waals surface area contributed by atoms with Gasteiger partial charge in [-0.25, -0.2) is 0 Å². The fraction of sp³-hybridized carbons (Fsp3) is 0.316. The first kappa shape index (κ1) is 14.4. The monoisotopic (exact) mass is 296 g/mol. The van der Waals surface area contributed by atoms with E-state index in [0.717, 1.165) is 25.0 Å². The van der Waals surface area contributed by atoms with Gasteiger partial charge in [-0.2, -0.15) is 0 Å². The summed E-state index contributed by atoms with van der Waals surface area (Å²) in [4.78, 5) is 13.5. The van der Waals surface area contributed by atoms with Gasteiger partial charge in [-0.1, -0.05) is 48.5 Å². The van der Waals surface area contributed by atoms with Crippen LogP contribution in [0.4, 0.5) is 0 Å². The number of carbonyl (C=O) groups excluding carboxylic acids is 1. The Hall–Kier alpha value is -1.54. The molecule has 0 amide bonds. The van der Waals surface area contributed by atoms with E-state index in [9.17, 15) is 4.79 Å². The minimum absolute atomic E-state index is 0.212. The molecule has 1 aliphatic rings. The second kappa shape index (κ2) is 6.95. The Morgan fingerprint density at radius 1 is 0.952 bits per heavy atom. The van der Waals surface area contributed by atoms with Gasteiger partial charge in [-0.15, -0.1) is 11.8 Å². The third-order valence-corrected chi connectivity index (χ3v) is 5.45. The number of rotatable bonds is 5. The molecule has 1 nitrogen and oxygen atoms in total. The Balaban J connectivity index is 1.62. The summed E-state index contributed by atoms with van der Waals surface area (Å²) in [7, 11) is 0. The third kappa shape index (κ3) is 3.76. The van der Waals surface area contributed by atoms with Crippen LogP contribution in [0.2, 0.25) is 0 Å². The summed E-state index contributed by atoms with van der Waals surface area (Å²) in [5, 5.41) is 0. The highest BCUT2D eigenvalue weighted by molar-refractivity contribution is 7.99. The molecule has 0 bridgehead atoms. The molecule has 0 spiro atoms. The van der Waals surface area contributed by atoms with Gasteiger partial charge in [0, 0.05) is 23.0 Å². The van der Waals surface area contributed by atoms with Crippen LogP contribution in [0, 0.1) is 11.8 Å². The molecule has 1 aliphatic carbocycles. The number of carbonyl (C=O) groups is 1. The summed E-state index contributed by atoms with van der Waals surface area (Å²) >= 11 is 1.88. The summed E-state index contributed by atoms with van der Waals surface area (Å²) in [6, 6.07) is 20.9. The molecular formula is C19H20OS. The molecule has 108 valence electrons. The van der Waals surface area contributed by atoms with Crippen molar-refractivity contribution in [1.29, 1.82) is 0 Å². The van der Waals surface area contributed by atoms with E-state index in [1.807, 2.05) is 23.9 Å². The Morgan fingerprint density at radius 3 is 2.33 bits per heavy atom. The number of hydrogen-bond acceptors (Lipinski definition) is 2. The predicted octanol–water partition coefficient (Wildman–Crippen LogP) is 4.62. The van der Waals surface area contributed by atoms with Crippen molar-refractivity contribution >= 4 is 17.5 Å². The van der Waals surface area contributed by atoms with Crippen molar-refractivity contribution in [1.82, 2.24) is 0 Å². The molecule has 2 atom stereocenters. The van der Waals surface area contributed by atoms with Crippen molar-refractivity contribution in [3.05, 3.63) is 66.2 Å². The van der Waals surface area contributed by atoms with Gasteiger partial charge in [-0.05, 0) is 36.5 Å². The van der Waals surface area contributed by atoms with Crippen molar-refractivity contribution in [2.45, 2.75) is 24.2 Å². The molecule has 2 heteroatoms. The number of benzene rings is 2. The van der Waals surface area contributed by atoms with Crippen LogP contribution in [0.15, 0.2) is 65.6 Å². The topological polar surface area (TPSA) is 17.1 Å². The average molecular weight is 296 g/mol. The van der Waals surface area contributed by atoms with Gasteiger partial charge >= 0.3 is 0 Å². The Labute approximate surface area is 130 Å². The van der Waals surface area contributed by atoms with E-state index in [2.05, 4.69) is 48.5 Å². The van der Waals surface area contributed by atoms with Gasteiger partial charge < -0.3 is 0 Å². The molecule has 0 radical (unpaired) electrons. The van der Waals surface area contributed by atoms with Gasteiger partial charge in [0.25, 0.3) is 0 Å². The zero-order valence-electron chi connectivity index (χ0n) is 12.1. The molecule has 0 heterocycles. The van der Waals surface area contributed by atoms with Crippen LogP contribution in [0.5, 0.6) is 0 Å². The first-order valence-electron chi connectivity index (χ1n) is 7.57. The second-order valence-electron chi connectivity index (χ2n) is 5.69. The van der Waals surface area contributed by atoms with Gasteiger partial charge in [0.1, 0.15) is 5.78 Å². The lowest BCUT2D eigenvalue weighted by Gasteiger charge is -2.18.